The van der Waals surface area contributed by atoms with Crippen molar-refractivity contribution in [3.05, 3.63) is 23.8 Å². The summed E-state index contributed by atoms with van der Waals surface area (Å²) in [6.07, 6.45) is 2.28. The average molecular weight is 236 g/mol. The van der Waals surface area contributed by atoms with Gasteiger partial charge in [0.15, 0.2) is 0 Å². The second-order valence-corrected chi connectivity index (χ2v) is 4.25. The molecule has 0 aromatic heterocycles. The molecule has 92 valence electrons. The van der Waals surface area contributed by atoms with E-state index in [1.54, 1.807) is 12.1 Å². The lowest BCUT2D eigenvalue weighted by Gasteiger charge is -2.19. The van der Waals surface area contributed by atoms with Crippen molar-refractivity contribution in [2.45, 2.75) is 18.9 Å². The van der Waals surface area contributed by atoms with Gasteiger partial charge in [-0.15, -0.1) is 0 Å². The lowest BCUT2D eigenvalue weighted by atomic mass is 10.1. The van der Waals surface area contributed by atoms with Crippen LogP contribution in [0.1, 0.15) is 24.4 Å². The molecule has 0 amide bonds. The van der Waals surface area contributed by atoms with Gasteiger partial charge in [0.05, 0.1) is 0 Å². The molecule has 1 unspecified atom stereocenters. The van der Waals surface area contributed by atoms with Crippen LogP contribution in [0.4, 0.5) is 5.69 Å². The largest absolute Gasteiger partial charge is 0.508 e. The van der Waals surface area contributed by atoms with Gasteiger partial charge in [-0.3, -0.25) is 4.79 Å². The number of carbonyl (C=O) groups is 1. The molecular weight excluding hydrogens is 220 g/mol. The molecular formula is C12H16N2O3. The van der Waals surface area contributed by atoms with Gasteiger partial charge in [0, 0.05) is 24.3 Å². The van der Waals surface area contributed by atoms with E-state index >= 15 is 0 Å². The molecule has 1 aromatic rings. The second-order valence-electron chi connectivity index (χ2n) is 4.25. The smallest absolute Gasteiger partial charge is 0.325 e. The zero-order chi connectivity index (χ0) is 12.4. The van der Waals surface area contributed by atoms with Crippen molar-refractivity contribution in [3.63, 3.8) is 0 Å². The summed E-state index contributed by atoms with van der Waals surface area (Å²) in [4.78, 5) is 13.0. The highest BCUT2D eigenvalue weighted by Gasteiger charge is 2.20. The molecule has 1 fully saturated rings. The van der Waals surface area contributed by atoms with Gasteiger partial charge in [-0.2, -0.15) is 0 Å². The van der Waals surface area contributed by atoms with Gasteiger partial charge in [-0.1, -0.05) is 0 Å². The number of hydrogen-bond acceptors (Lipinski definition) is 4. The molecule has 0 radical (unpaired) electrons. The van der Waals surface area contributed by atoms with E-state index in [2.05, 4.69) is 4.90 Å². The fourth-order valence-electron chi connectivity index (χ4n) is 2.10. The first-order valence-corrected chi connectivity index (χ1v) is 5.66. The number of nitrogens with two attached hydrogens (primary N) is 1. The number of carboxylic acids is 1. The van der Waals surface area contributed by atoms with E-state index in [0.29, 0.717) is 0 Å². The lowest BCUT2D eigenvalue weighted by molar-refractivity contribution is -0.138. The minimum Gasteiger partial charge on any atom is -0.508 e. The van der Waals surface area contributed by atoms with Crippen molar-refractivity contribution >= 4 is 11.7 Å². The zero-order valence-corrected chi connectivity index (χ0v) is 9.47. The number of aromatic hydroxyl groups is 1. The fourth-order valence-corrected chi connectivity index (χ4v) is 2.10. The normalized spacial score (nSPS) is 17.1. The number of anilines is 1. The molecule has 0 bridgehead atoms. The number of nitrogens with zero attached hydrogens (tertiary/aromatic N) is 1. The van der Waals surface area contributed by atoms with Gasteiger partial charge in [-0.25, -0.2) is 0 Å². The van der Waals surface area contributed by atoms with Crippen LogP contribution < -0.4 is 10.6 Å². The van der Waals surface area contributed by atoms with Gasteiger partial charge in [0.2, 0.25) is 0 Å². The minimum absolute atomic E-state index is 0.0668. The highest BCUT2D eigenvalue weighted by atomic mass is 16.4. The Balaban J connectivity index is 2.31. The zero-order valence-electron chi connectivity index (χ0n) is 9.47. The molecule has 1 atom stereocenters. The molecule has 5 heteroatoms. The van der Waals surface area contributed by atoms with Crippen LogP contribution in [0.15, 0.2) is 18.2 Å². The maximum absolute atomic E-state index is 10.8. The Labute approximate surface area is 99.5 Å². The van der Waals surface area contributed by atoms with Crippen molar-refractivity contribution in [1.29, 1.82) is 0 Å². The van der Waals surface area contributed by atoms with Crippen LogP contribution in [0.3, 0.4) is 0 Å². The van der Waals surface area contributed by atoms with Gasteiger partial charge in [0.1, 0.15) is 11.8 Å². The number of hydrogen-bond donors (Lipinski definition) is 3. The SMILES string of the molecule is NC(C(=O)O)c1cc(N2CCCC2)ccc1O. The number of benzene rings is 1. The third-order valence-corrected chi connectivity index (χ3v) is 3.08. The van der Waals surface area contributed by atoms with Crippen LogP contribution in [0, 0.1) is 0 Å². The van der Waals surface area contributed by atoms with Crippen LogP contribution in [-0.4, -0.2) is 29.3 Å². The van der Waals surface area contributed by atoms with Crippen molar-refractivity contribution in [1.82, 2.24) is 0 Å². The van der Waals surface area contributed by atoms with Gasteiger partial charge in [0.25, 0.3) is 0 Å². The maximum atomic E-state index is 10.8. The van der Waals surface area contributed by atoms with Crippen molar-refractivity contribution in [2.24, 2.45) is 5.73 Å². The molecule has 1 aliphatic heterocycles. The summed E-state index contributed by atoms with van der Waals surface area (Å²) in [5.74, 6) is -1.21. The number of phenols is 1. The van der Waals surface area contributed by atoms with Crippen LogP contribution in [0.2, 0.25) is 0 Å². The Morgan fingerprint density at radius 3 is 2.59 bits per heavy atom. The quantitative estimate of drug-likeness (QED) is 0.731. The Bertz CT molecular complexity index is 428. The van der Waals surface area contributed by atoms with Crippen LogP contribution >= 0.6 is 0 Å². The summed E-state index contributed by atoms with van der Waals surface area (Å²) in [5, 5.41) is 18.5. The standard InChI is InChI=1S/C12H16N2O3/c13-11(12(16)17)9-7-8(3-4-10(9)15)14-5-1-2-6-14/h3-4,7,11,15H,1-2,5-6,13H2,(H,16,17). The van der Waals surface area contributed by atoms with Gasteiger partial charge in [-0.05, 0) is 31.0 Å². The topological polar surface area (TPSA) is 86.8 Å². The molecule has 1 aliphatic rings. The molecule has 1 aromatic carbocycles. The van der Waals surface area contributed by atoms with E-state index in [4.69, 9.17) is 10.8 Å². The predicted molar refractivity (Wildman–Crippen MR) is 64.1 cm³/mol. The van der Waals surface area contributed by atoms with E-state index < -0.39 is 12.0 Å². The van der Waals surface area contributed by atoms with E-state index in [0.717, 1.165) is 31.6 Å². The molecule has 0 aliphatic carbocycles. The summed E-state index contributed by atoms with van der Waals surface area (Å²) in [5.41, 5.74) is 6.72. The monoisotopic (exact) mass is 236 g/mol. The number of aliphatic carboxylic acids is 1. The summed E-state index contributed by atoms with van der Waals surface area (Å²) in [7, 11) is 0. The number of phenolic OH excluding ortho intramolecular Hbond substituents is 1. The highest BCUT2D eigenvalue weighted by molar-refractivity contribution is 5.77. The van der Waals surface area contributed by atoms with Crippen molar-refractivity contribution < 1.29 is 15.0 Å². The molecule has 1 saturated heterocycles. The molecule has 2 rings (SSSR count). The first kappa shape index (κ1) is 11.7. The first-order chi connectivity index (χ1) is 8.09. The van der Waals surface area contributed by atoms with Gasteiger partial charge < -0.3 is 20.8 Å². The summed E-state index contributed by atoms with van der Waals surface area (Å²) >= 11 is 0. The second kappa shape index (κ2) is 4.63. The van der Waals surface area contributed by atoms with Crippen molar-refractivity contribution in [3.8, 4) is 5.75 Å². The molecule has 17 heavy (non-hydrogen) atoms. The Hall–Kier alpha value is -1.75. The Morgan fingerprint density at radius 2 is 2.00 bits per heavy atom. The highest BCUT2D eigenvalue weighted by Crippen LogP contribution is 2.29. The molecule has 0 spiro atoms. The molecule has 4 N–H and O–H groups in total. The predicted octanol–water partition coefficient (Wildman–Crippen LogP) is 1.08. The minimum atomic E-state index is -1.18. The third kappa shape index (κ3) is 2.34. The van der Waals surface area contributed by atoms with E-state index in [9.17, 15) is 9.90 Å². The first-order valence-electron chi connectivity index (χ1n) is 5.66. The van der Waals surface area contributed by atoms with Crippen LogP contribution in [0.5, 0.6) is 5.75 Å². The number of rotatable bonds is 3. The summed E-state index contributed by atoms with van der Waals surface area (Å²) in [6, 6.07) is 3.78. The van der Waals surface area contributed by atoms with Crippen LogP contribution in [-0.2, 0) is 4.79 Å². The molecule has 5 nitrogen and oxygen atoms in total. The van der Waals surface area contributed by atoms with E-state index in [-0.39, 0.29) is 11.3 Å². The maximum Gasteiger partial charge on any atom is 0.325 e. The Morgan fingerprint density at radius 1 is 1.35 bits per heavy atom. The van der Waals surface area contributed by atoms with Crippen molar-refractivity contribution in [2.75, 3.05) is 18.0 Å². The Kier molecular flexibility index (Phi) is 3.19. The average Bonchev–Trinajstić information content (AvgIpc) is 2.82. The summed E-state index contributed by atoms with van der Waals surface area (Å²) in [6.45, 7) is 1.93. The van der Waals surface area contributed by atoms with E-state index in [1.807, 2.05) is 0 Å². The van der Waals surface area contributed by atoms with E-state index in [1.165, 1.54) is 6.07 Å². The lowest BCUT2D eigenvalue weighted by Crippen LogP contribution is -2.22. The molecule has 0 saturated carbocycles. The number of carboxylic acid groups (broad SMARTS) is 1. The third-order valence-electron chi connectivity index (χ3n) is 3.08. The fraction of sp³-hybridized carbons (Fsp3) is 0.417. The van der Waals surface area contributed by atoms with Crippen LogP contribution in [0.25, 0.3) is 0 Å². The molecule has 1 heterocycles. The summed E-state index contributed by atoms with van der Waals surface area (Å²) < 4.78 is 0. The van der Waals surface area contributed by atoms with Gasteiger partial charge >= 0.3 is 5.97 Å².